The Balaban J connectivity index is 1.17. The molecule has 41 heavy (non-hydrogen) atoms. The molecular weight excluding hydrogens is 538 g/mol. The van der Waals surface area contributed by atoms with Gasteiger partial charge in [0.1, 0.15) is 5.15 Å². The molecule has 1 N–H and O–H groups in total. The van der Waals surface area contributed by atoms with Crippen LogP contribution in [0.3, 0.4) is 0 Å². The van der Waals surface area contributed by atoms with Crippen LogP contribution in [-0.2, 0) is 6.54 Å². The molecule has 4 heterocycles. The van der Waals surface area contributed by atoms with E-state index in [1.165, 1.54) is 0 Å². The number of nitrogens with zero attached hydrogens (tertiary/aromatic N) is 6. The highest BCUT2D eigenvalue weighted by molar-refractivity contribution is 6.29. The van der Waals surface area contributed by atoms with Gasteiger partial charge in [-0.15, -0.1) is 0 Å². The highest BCUT2D eigenvalue weighted by Gasteiger charge is 2.42. The number of carbonyl (C=O) groups is 2. The zero-order valence-corrected chi connectivity index (χ0v) is 24.7. The summed E-state index contributed by atoms with van der Waals surface area (Å²) in [5.41, 5.74) is 4.28. The normalized spacial score (nSPS) is 19.0. The summed E-state index contributed by atoms with van der Waals surface area (Å²) in [4.78, 5) is 39.2. The lowest BCUT2D eigenvalue weighted by Gasteiger charge is -2.43. The Labute approximate surface area is 247 Å². The number of piperazine rings is 1. The first-order valence-corrected chi connectivity index (χ1v) is 14.6. The third kappa shape index (κ3) is 6.69. The quantitative estimate of drug-likeness (QED) is 0.379. The van der Waals surface area contributed by atoms with Crippen LogP contribution in [0.15, 0.2) is 60.9 Å². The van der Waals surface area contributed by atoms with Gasteiger partial charge in [-0.25, -0.2) is 19.8 Å². The molecule has 0 radical (unpaired) electrons. The summed E-state index contributed by atoms with van der Waals surface area (Å²) in [6, 6.07) is 16.3. The second kappa shape index (κ2) is 13.0. The minimum absolute atomic E-state index is 0.0287. The highest BCUT2D eigenvalue weighted by atomic mass is 35.5. The van der Waals surface area contributed by atoms with Crippen molar-refractivity contribution in [2.45, 2.75) is 45.8 Å². The van der Waals surface area contributed by atoms with E-state index in [0.717, 1.165) is 49.3 Å². The van der Waals surface area contributed by atoms with E-state index in [4.69, 9.17) is 11.6 Å². The van der Waals surface area contributed by atoms with Crippen LogP contribution in [-0.4, -0.2) is 87.0 Å². The molecule has 2 atom stereocenters. The lowest BCUT2D eigenvalue weighted by Crippen LogP contribution is -2.56. The van der Waals surface area contributed by atoms with Gasteiger partial charge < -0.3 is 10.2 Å². The van der Waals surface area contributed by atoms with Crippen LogP contribution >= 0.6 is 11.6 Å². The first-order chi connectivity index (χ1) is 19.8. The molecule has 0 spiro atoms. The molecule has 3 aromatic rings. The summed E-state index contributed by atoms with van der Waals surface area (Å²) in [6.07, 6.45) is 4.37. The average Bonchev–Trinajstić information content (AvgIpc) is 3.29. The van der Waals surface area contributed by atoms with Gasteiger partial charge in [-0.3, -0.25) is 14.7 Å². The smallest absolute Gasteiger partial charge is 0.335 e. The molecule has 9 nitrogen and oxygen atoms in total. The van der Waals surface area contributed by atoms with Gasteiger partial charge in [0.15, 0.2) is 0 Å². The van der Waals surface area contributed by atoms with E-state index in [2.05, 4.69) is 44.3 Å². The molecule has 2 aromatic heterocycles. The first kappa shape index (κ1) is 29.0. The van der Waals surface area contributed by atoms with Gasteiger partial charge in [-0.2, -0.15) is 0 Å². The van der Waals surface area contributed by atoms with Crippen molar-refractivity contribution in [3.8, 4) is 0 Å². The largest absolute Gasteiger partial charge is 0.352 e. The Bertz CT molecular complexity index is 1330. The molecule has 216 valence electrons. The van der Waals surface area contributed by atoms with Crippen LogP contribution in [0.5, 0.6) is 0 Å². The number of halogens is 1. The van der Waals surface area contributed by atoms with E-state index in [-0.39, 0.29) is 18.0 Å². The van der Waals surface area contributed by atoms with Crippen LogP contribution in [0, 0.1) is 13.8 Å². The van der Waals surface area contributed by atoms with Crippen molar-refractivity contribution in [2.24, 2.45) is 0 Å². The van der Waals surface area contributed by atoms with Crippen LogP contribution in [0.2, 0.25) is 5.15 Å². The molecule has 2 saturated heterocycles. The van der Waals surface area contributed by atoms with Crippen LogP contribution in [0.1, 0.15) is 52.1 Å². The van der Waals surface area contributed by atoms with Crippen molar-refractivity contribution in [3.05, 3.63) is 94.0 Å². The predicted octanol–water partition coefficient (Wildman–Crippen LogP) is 4.47. The number of aromatic nitrogens is 2. The number of pyridine rings is 2. The topological polar surface area (TPSA) is 84.9 Å². The maximum Gasteiger partial charge on any atom is 0.335 e. The first-order valence-electron chi connectivity index (χ1n) is 14.2. The Morgan fingerprint density at radius 2 is 1.78 bits per heavy atom. The maximum absolute atomic E-state index is 13.7. The molecule has 0 bridgehead atoms. The molecule has 10 heteroatoms. The Hall–Kier alpha value is -3.53. The Kier molecular flexibility index (Phi) is 9.17. The number of hydrogen-bond donors (Lipinski definition) is 1. The van der Waals surface area contributed by atoms with Gasteiger partial charge in [-0.05, 0) is 62.1 Å². The number of rotatable bonds is 9. The average molecular weight is 576 g/mol. The number of aryl methyl sites for hydroxylation is 2. The van der Waals surface area contributed by atoms with Crippen molar-refractivity contribution in [1.29, 1.82) is 0 Å². The fraction of sp³-hybridized carbons (Fsp3) is 0.419. The fourth-order valence-corrected chi connectivity index (χ4v) is 6.17. The van der Waals surface area contributed by atoms with Crippen LogP contribution in [0.4, 0.5) is 4.79 Å². The molecule has 0 aliphatic carbocycles. The molecule has 1 unspecified atom stereocenters. The number of hydrogen-bond acceptors (Lipinski definition) is 6. The Morgan fingerprint density at radius 1 is 1.07 bits per heavy atom. The zero-order valence-electron chi connectivity index (χ0n) is 24.0. The van der Waals surface area contributed by atoms with Crippen molar-refractivity contribution < 1.29 is 9.59 Å². The lowest BCUT2D eigenvalue weighted by atomic mass is 10.1. The maximum atomic E-state index is 13.7. The molecule has 2 aliphatic heterocycles. The summed E-state index contributed by atoms with van der Waals surface area (Å²) >= 11 is 6.02. The standard InChI is InChI=1S/C31H38ClN7O2/c1-22-19-28(32)35-24(3)29(22)30(40)34-14-9-23(2)36-15-17-38(18-16-36)39-27(26-7-5-4-6-8-26)21-37(31(39)41)20-25-10-12-33-13-11-25/h4-8,10-13,19,23,27H,9,14-18,20-21H2,1-3H3,(H,34,40)/t23?,27-/m0/s1. The van der Waals surface area contributed by atoms with E-state index in [1.807, 2.05) is 54.1 Å². The van der Waals surface area contributed by atoms with Crippen LogP contribution < -0.4 is 5.32 Å². The van der Waals surface area contributed by atoms with Crippen LogP contribution in [0.25, 0.3) is 0 Å². The molecule has 2 aliphatic rings. The molecular formula is C31H38ClN7O2. The van der Waals surface area contributed by atoms with Gasteiger partial charge in [0, 0.05) is 64.2 Å². The monoisotopic (exact) mass is 575 g/mol. The van der Waals surface area contributed by atoms with Crippen molar-refractivity contribution in [1.82, 2.24) is 35.1 Å². The third-order valence-corrected chi connectivity index (χ3v) is 8.32. The highest BCUT2D eigenvalue weighted by Crippen LogP contribution is 2.32. The molecule has 3 amide bonds. The number of nitrogens with one attached hydrogen (secondary N) is 1. The number of benzene rings is 1. The zero-order chi connectivity index (χ0) is 28.9. The molecule has 5 rings (SSSR count). The van der Waals surface area contributed by atoms with Crippen molar-refractivity contribution in [2.75, 3.05) is 39.3 Å². The summed E-state index contributed by atoms with van der Waals surface area (Å²) in [5.74, 6) is -0.114. The second-order valence-corrected chi connectivity index (χ2v) is 11.3. The van der Waals surface area contributed by atoms with Gasteiger partial charge in [0.2, 0.25) is 0 Å². The molecule has 1 aromatic carbocycles. The predicted molar refractivity (Wildman–Crippen MR) is 159 cm³/mol. The minimum Gasteiger partial charge on any atom is -0.352 e. The van der Waals surface area contributed by atoms with E-state index in [9.17, 15) is 9.59 Å². The number of carbonyl (C=O) groups excluding carboxylic acids is 2. The number of amides is 3. The van der Waals surface area contributed by atoms with E-state index in [1.54, 1.807) is 18.5 Å². The fourth-order valence-electron chi connectivity index (χ4n) is 5.88. The summed E-state index contributed by atoms with van der Waals surface area (Å²) in [6.45, 7) is 10.9. The van der Waals surface area contributed by atoms with E-state index < -0.39 is 0 Å². The van der Waals surface area contributed by atoms with Crippen molar-refractivity contribution >= 4 is 23.5 Å². The third-order valence-electron chi connectivity index (χ3n) is 8.12. The molecule has 0 saturated carbocycles. The van der Waals surface area contributed by atoms with Gasteiger partial charge in [-0.1, -0.05) is 41.9 Å². The second-order valence-electron chi connectivity index (χ2n) is 10.9. The Morgan fingerprint density at radius 3 is 2.46 bits per heavy atom. The SMILES string of the molecule is Cc1cc(Cl)nc(C)c1C(=O)NCCC(C)N1CCN(N2C(=O)N(Cc3ccncc3)C[C@H]2c2ccccc2)CC1. The number of urea groups is 1. The van der Waals surface area contributed by atoms with Crippen molar-refractivity contribution in [3.63, 3.8) is 0 Å². The summed E-state index contributed by atoms with van der Waals surface area (Å²) in [7, 11) is 0. The van der Waals surface area contributed by atoms with E-state index >= 15 is 0 Å². The lowest BCUT2D eigenvalue weighted by molar-refractivity contribution is -0.0428. The molecule has 2 fully saturated rings. The van der Waals surface area contributed by atoms with Gasteiger partial charge in [0.05, 0.1) is 17.3 Å². The van der Waals surface area contributed by atoms with Gasteiger partial charge >= 0.3 is 6.03 Å². The summed E-state index contributed by atoms with van der Waals surface area (Å²) in [5, 5.41) is 7.65. The van der Waals surface area contributed by atoms with E-state index in [0.29, 0.717) is 42.1 Å². The van der Waals surface area contributed by atoms with Gasteiger partial charge in [0.25, 0.3) is 5.91 Å². The number of hydrazine groups is 1. The summed E-state index contributed by atoms with van der Waals surface area (Å²) < 4.78 is 0. The minimum atomic E-state index is -0.114.